The van der Waals surface area contributed by atoms with Crippen LogP contribution in [0.25, 0.3) is 0 Å². The molecule has 1 saturated heterocycles. The van der Waals surface area contributed by atoms with Gasteiger partial charge in [-0.2, -0.15) is 0 Å². The molecule has 4 rings (SSSR count). The van der Waals surface area contributed by atoms with Crippen molar-refractivity contribution in [2.45, 2.75) is 26.6 Å². The van der Waals surface area contributed by atoms with Crippen molar-refractivity contribution in [3.8, 4) is 5.75 Å². The van der Waals surface area contributed by atoms with E-state index in [-0.39, 0.29) is 12.0 Å². The van der Waals surface area contributed by atoms with Crippen molar-refractivity contribution in [3.05, 3.63) is 89.4 Å². The largest absolute Gasteiger partial charge is 0.497 e. The number of carbonyl (C=O) groups is 2. The van der Waals surface area contributed by atoms with Gasteiger partial charge in [0.2, 0.25) is 0 Å². The van der Waals surface area contributed by atoms with E-state index in [1.165, 1.54) is 5.56 Å². The van der Waals surface area contributed by atoms with Gasteiger partial charge in [0.15, 0.2) is 5.76 Å². The first-order valence-electron chi connectivity index (χ1n) is 12.2. The first-order chi connectivity index (χ1) is 17.6. The van der Waals surface area contributed by atoms with Crippen LogP contribution in [-0.4, -0.2) is 66.6 Å². The van der Waals surface area contributed by atoms with Gasteiger partial charge in [-0.15, -0.1) is 0 Å². The Kier molecular flexibility index (Phi) is 8.62. The molecule has 1 aromatic heterocycles. The van der Waals surface area contributed by atoms with Gasteiger partial charge in [-0.1, -0.05) is 42.5 Å². The van der Waals surface area contributed by atoms with Gasteiger partial charge in [-0.05, 0) is 42.3 Å². The summed E-state index contributed by atoms with van der Waals surface area (Å²) in [5.74, 6) is 1.71. The summed E-state index contributed by atoms with van der Waals surface area (Å²) in [6.07, 6.45) is -0.333. The van der Waals surface area contributed by atoms with Gasteiger partial charge in [-0.25, -0.2) is 4.79 Å². The fourth-order valence-electron chi connectivity index (χ4n) is 4.26. The summed E-state index contributed by atoms with van der Waals surface area (Å²) in [5.41, 5.74) is 2.36. The molecule has 0 saturated carbocycles. The molecular formula is C28H33N3O5. The average Bonchev–Trinajstić information content (AvgIpc) is 3.38. The lowest BCUT2D eigenvalue weighted by molar-refractivity contribution is 0.0543. The van der Waals surface area contributed by atoms with Crippen LogP contribution in [0.4, 0.5) is 4.79 Å². The number of ether oxygens (including phenoxy) is 2. The van der Waals surface area contributed by atoms with E-state index in [4.69, 9.17) is 13.9 Å². The molecule has 0 aliphatic carbocycles. The van der Waals surface area contributed by atoms with E-state index in [1.807, 2.05) is 36.4 Å². The number of hydrogen-bond acceptors (Lipinski definition) is 6. The van der Waals surface area contributed by atoms with Gasteiger partial charge in [0.1, 0.15) is 11.5 Å². The highest BCUT2D eigenvalue weighted by Crippen LogP contribution is 2.19. The lowest BCUT2D eigenvalue weighted by Gasteiger charge is -2.33. The molecular weight excluding hydrogens is 458 g/mol. The van der Waals surface area contributed by atoms with E-state index < -0.39 is 0 Å². The molecule has 0 N–H and O–H groups in total. The Morgan fingerprint density at radius 3 is 2.11 bits per heavy atom. The monoisotopic (exact) mass is 491 g/mol. The van der Waals surface area contributed by atoms with Gasteiger partial charge in [0, 0.05) is 39.3 Å². The SMILES string of the molecule is CCOC(=O)N1CCN(C(=O)c2ccc(CN(Cc3ccccc3)Cc3ccc(OC)cc3)o2)CC1. The summed E-state index contributed by atoms with van der Waals surface area (Å²) in [4.78, 5) is 30.6. The minimum atomic E-state index is -0.333. The lowest BCUT2D eigenvalue weighted by atomic mass is 10.1. The number of nitrogens with zero attached hydrogens (tertiary/aromatic N) is 3. The maximum atomic E-state index is 13.0. The molecule has 2 heterocycles. The zero-order chi connectivity index (χ0) is 25.3. The fraction of sp³-hybridized carbons (Fsp3) is 0.357. The number of furan rings is 1. The first-order valence-corrected chi connectivity index (χ1v) is 12.2. The van der Waals surface area contributed by atoms with Crippen LogP contribution in [0.2, 0.25) is 0 Å². The van der Waals surface area contributed by atoms with Crippen LogP contribution in [0.1, 0.15) is 34.4 Å². The maximum Gasteiger partial charge on any atom is 0.409 e. The molecule has 1 fully saturated rings. The summed E-state index contributed by atoms with van der Waals surface area (Å²) < 4.78 is 16.3. The third kappa shape index (κ3) is 6.66. The topological polar surface area (TPSA) is 75.5 Å². The van der Waals surface area contributed by atoms with Crippen molar-refractivity contribution in [1.29, 1.82) is 0 Å². The molecule has 0 radical (unpaired) electrons. The second kappa shape index (κ2) is 12.3. The van der Waals surface area contributed by atoms with Crippen molar-refractivity contribution in [3.63, 3.8) is 0 Å². The third-order valence-electron chi connectivity index (χ3n) is 6.16. The van der Waals surface area contributed by atoms with Crippen molar-refractivity contribution >= 4 is 12.0 Å². The van der Waals surface area contributed by atoms with Crippen LogP contribution in [0, 0.1) is 0 Å². The number of benzene rings is 2. The molecule has 3 aromatic rings. The number of hydrogen-bond donors (Lipinski definition) is 0. The Morgan fingerprint density at radius 1 is 0.833 bits per heavy atom. The Bertz CT molecular complexity index is 1120. The van der Waals surface area contributed by atoms with Gasteiger partial charge in [-0.3, -0.25) is 9.69 Å². The number of methoxy groups -OCH3 is 1. The normalized spacial score (nSPS) is 13.6. The summed E-state index contributed by atoms with van der Waals surface area (Å²) in [6, 6.07) is 21.9. The third-order valence-corrected chi connectivity index (χ3v) is 6.16. The molecule has 0 spiro atoms. The number of carbonyl (C=O) groups excluding carboxylic acids is 2. The second-order valence-corrected chi connectivity index (χ2v) is 8.72. The maximum absolute atomic E-state index is 13.0. The van der Waals surface area contributed by atoms with Crippen LogP contribution < -0.4 is 4.74 Å². The lowest BCUT2D eigenvalue weighted by Crippen LogP contribution is -2.50. The Labute approximate surface area is 212 Å². The number of piperazine rings is 1. The zero-order valence-electron chi connectivity index (χ0n) is 20.9. The molecule has 36 heavy (non-hydrogen) atoms. The van der Waals surface area contributed by atoms with E-state index in [2.05, 4.69) is 29.2 Å². The van der Waals surface area contributed by atoms with Gasteiger partial charge >= 0.3 is 6.09 Å². The van der Waals surface area contributed by atoms with Gasteiger partial charge in [0.05, 0.1) is 20.3 Å². The Morgan fingerprint density at radius 2 is 1.47 bits per heavy atom. The molecule has 2 aromatic carbocycles. The fourth-order valence-corrected chi connectivity index (χ4v) is 4.26. The van der Waals surface area contributed by atoms with E-state index >= 15 is 0 Å². The van der Waals surface area contributed by atoms with Crippen LogP contribution in [0.5, 0.6) is 5.75 Å². The van der Waals surface area contributed by atoms with E-state index in [0.29, 0.717) is 45.1 Å². The number of rotatable bonds is 9. The highest BCUT2D eigenvalue weighted by Gasteiger charge is 2.27. The predicted molar refractivity (Wildman–Crippen MR) is 136 cm³/mol. The van der Waals surface area contributed by atoms with Crippen molar-refractivity contribution < 1.29 is 23.5 Å². The summed E-state index contributed by atoms with van der Waals surface area (Å²) >= 11 is 0. The summed E-state index contributed by atoms with van der Waals surface area (Å²) in [6.45, 7) is 5.94. The Hall–Kier alpha value is -3.78. The molecule has 8 heteroatoms. The van der Waals surface area contributed by atoms with E-state index in [9.17, 15) is 9.59 Å². The highest BCUT2D eigenvalue weighted by molar-refractivity contribution is 5.91. The molecule has 1 aliphatic heterocycles. The molecule has 0 atom stereocenters. The van der Waals surface area contributed by atoms with E-state index in [1.54, 1.807) is 29.9 Å². The first kappa shape index (κ1) is 25.3. The van der Waals surface area contributed by atoms with Crippen molar-refractivity contribution in [2.24, 2.45) is 0 Å². The molecule has 8 nitrogen and oxygen atoms in total. The van der Waals surface area contributed by atoms with Crippen LogP contribution in [0.3, 0.4) is 0 Å². The minimum absolute atomic E-state index is 0.158. The number of amides is 2. The summed E-state index contributed by atoms with van der Waals surface area (Å²) in [5, 5.41) is 0. The van der Waals surface area contributed by atoms with Gasteiger partial charge in [0.25, 0.3) is 5.91 Å². The zero-order valence-corrected chi connectivity index (χ0v) is 20.9. The average molecular weight is 492 g/mol. The molecule has 0 bridgehead atoms. The second-order valence-electron chi connectivity index (χ2n) is 8.72. The molecule has 0 unspecified atom stereocenters. The molecule has 190 valence electrons. The quantitative estimate of drug-likeness (QED) is 0.442. The van der Waals surface area contributed by atoms with Gasteiger partial charge < -0.3 is 23.7 Å². The molecule has 2 amide bonds. The van der Waals surface area contributed by atoms with E-state index in [0.717, 1.165) is 30.2 Å². The van der Waals surface area contributed by atoms with Crippen molar-refractivity contribution in [1.82, 2.24) is 14.7 Å². The Balaban J connectivity index is 1.40. The van der Waals surface area contributed by atoms with Crippen LogP contribution in [-0.2, 0) is 24.4 Å². The summed E-state index contributed by atoms with van der Waals surface area (Å²) in [7, 11) is 1.66. The minimum Gasteiger partial charge on any atom is -0.497 e. The molecule has 1 aliphatic rings. The van der Waals surface area contributed by atoms with Crippen LogP contribution >= 0.6 is 0 Å². The smallest absolute Gasteiger partial charge is 0.409 e. The standard InChI is InChI=1S/C28H33N3O5/c1-3-35-28(33)31-17-15-30(16-18-31)27(32)26-14-13-25(36-26)21-29(19-22-7-5-4-6-8-22)20-23-9-11-24(34-2)12-10-23/h4-14H,3,15-21H2,1-2H3. The predicted octanol–water partition coefficient (Wildman–Crippen LogP) is 4.40. The van der Waals surface area contributed by atoms with Crippen molar-refractivity contribution in [2.75, 3.05) is 39.9 Å². The van der Waals surface area contributed by atoms with Crippen LogP contribution in [0.15, 0.2) is 71.1 Å². The highest BCUT2D eigenvalue weighted by atomic mass is 16.6.